The van der Waals surface area contributed by atoms with Gasteiger partial charge in [-0.3, -0.25) is 4.79 Å². The van der Waals surface area contributed by atoms with Gasteiger partial charge in [0.25, 0.3) is 5.91 Å². The zero-order valence-electron chi connectivity index (χ0n) is 17.3. The zero-order chi connectivity index (χ0) is 21.6. The van der Waals surface area contributed by atoms with Crippen molar-refractivity contribution in [2.45, 2.75) is 31.7 Å². The van der Waals surface area contributed by atoms with E-state index in [9.17, 15) is 4.79 Å². The van der Waals surface area contributed by atoms with Crippen LogP contribution in [-0.4, -0.2) is 30.0 Å². The van der Waals surface area contributed by atoms with Crippen molar-refractivity contribution >= 4 is 29.1 Å². The summed E-state index contributed by atoms with van der Waals surface area (Å²) in [6, 6.07) is 23.4. The molecule has 5 heteroatoms. The molecule has 0 bridgehead atoms. The van der Waals surface area contributed by atoms with Gasteiger partial charge in [0.05, 0.1) is 16.7 Å². The number of ether oxygens (including phenoxy) is 1. The largest absolute Gasteiger partial charge is 0.493 e. The van der Waals surface area contributed by atoms with Crippen LogP contribution in [0.5, 0.6) is 5.75 Å². The molecule has 0 aliphatic carbocycles. The number of halogens is 2. The van der Waals surface area contributed by atoms with Crippen LogP contribution in [0, 0.1) is 0 Å². The number of hydrogen-bond donors (Lipinski definition) is 0. The van der Waals surface area contributed by atoms with Crippen molar-refractivity contribution < 1.29 is 9.53 Å². The number of amides is 1. The summed E-state index contributed by atoms with van der Waals surface area (Å²) >= 11 is 12.0. The van der Waals surface area contributed by atoms with Crippen LogP contribution in [0.4, 0.5) is 0 Å². The first-order chi connectivity index (χ1) is 15.1. The third-order valence-corrected chi connectivity index (χ3v) is 6.48. The van der Waals surface area contributed by atoms with Crippen LogP contribution in [0.2, 0.25) is 10.0 Å². The smallest absolute Gasteiger partial charge is 0.254 e. The highest BCUT2D eigenvalue weighted by atomic mass is 35.5. The molecule has 1 amide bonds. The first kappa shape index (κ1) is 21.7. The minimum Gasteiger partial charge on any atom is -0.493 e. The lowest BCUT2D eigenvalue weighted by Gasteiger charge is -2.36. The van der Waals surface area contributed by atoms with E-state index in [1.807, 2.05) is 65.6 Å². The van der Waals surface area contributed by atoms with Crippen LogP contribution < -0.4 is 4.74 Å². The fraction of sp³-hybridized carbons (Fsp3) is 0.269. The van der Waals surface area contributed by atoms with Gasteiger partial charge in [0.1, 0.15) is 5.75 Å². The van der Waals surface area contributed by atoms with E-state index >= 15 is 0 Å². The van der Waals surface area contributed by atoms with Crippen molar-refractivity contribution in [2.75, 3.05) is 13.2 Å². The normalized spacial score (nSPS) is 16.2. The molecule has 1 atom stereocenters. The predicted octanol–water partition coefficient (Wildman–Crippen LogP) is 7.12. The molecule has 0 aromatic heterocycles. The third kappa shape index (κ3) is 5.23. The molecule has 0 N–H and O–H groups in total. The molecule has 3 aromatic rings. The second-order valence-corrected chi connectivity index (χ2v) is 8.59. The van der Waals surface area contributed by atoms with E-state index in [0.717, 1.165) is 48.9 Å². The Kier molecular flexibility index (Phi) is 7.16. The lowest BCUT2D eigenvalue weighted by Crippen LogP contribution is -2.44. The minimum absolute atomic E-state index is 0.0960. The molecule has 4 rings (SSSR count). The average Bonchev–Trinajstić information content (AvgIpc) is 2.82. The molecule has 1 saturated heterocycles. The van der Waals surface area contributed by atoms with Gasteiger partial charge in [0, 0.05) is 30.6 Å². The summed E-state index contributed by atoms with van der Waals surface area (Å²) in [6.07, 6.45) is 3.93. The molecule has 3 nitrogen and oxygen atoms in total. The summed E-state index contributed by atoms with van der Waals surface area (Å²) in [5, 5.41) is 0.987. The molecular formula is C26H25Cl2NO2. The van der Waals surface area contributed by atoms with Gasteiger partial charge in [-0.2, -0.15) is 0 Å². The van der Waals surface area contributed by atoms with Gasteiger partial charge in [0.15, 0.2) is 0 Å². The summed E-state index contributed by atoms with van der Waals surface area (Å²) in [5.41, 5.74) is 2.79. The molecule has 1 aliphatic heterocycles. The summed E-state index contributed by atoms with van der Waals surface area (Å²) in [5.74, 6) is 0.788. The SMILES string of the molecule is O=C(c1ccccc1-c1ccccc1)N1CCCCC1CCOc1ccc(Cl)c(Cl)c1. The molecule has 31 heavy (non-hydrogen) atoms. The lowest BCUT2D eigenvalue weighted by atomic mass is 9.95. The Morgan fingerprint density at radius 2 is 1.71 bits per heavy atom. The second-order valence-electron chi connectivity index (χ2n) is 7.77. The van der Waals surface area contributed by atoms with Crippen molar-refractivity contribution in [1.82, 2.24) is 4.90 Å². The molecule has 1 heterocycles. The zero-order valence-corrected chi connectivity index (χ0v) is 18.8. The van der Waals surface area contributed by atoms with E-state index in [1.54, 1.807) is 12.1 Å². The molecule has 1 fully saturated rings. The number of benzene rings is 3. The van der Waals surface area contributed by atoms with Gasteiger partial charge in [-0.15, -0.1) is 0 Å². The number of likely N-dealkylation sites (tertiary alicyclic amines) is 1. The standard InChI is InChI=1S/C26H25Cl2NO2/c27-24-14-13-21(18-25(24)28)31-17-15-20-10-6-7-16-29(20)26(30)23-12-5-4-11-22(23)19-8-2-1-3-9-19/h1-5,8-9,11-14,18,20H,6-7,10,15-17H2. The molecule has 0 saturated carbocycles. The molecule has 160 valence electrons. The fourth-order valence-electron chi connectivity index (χ4n) is 4.14. The van der Waals surface area contributed by atoms with Gasteiger partial charge in [0.2, 0.25) is 0 Å². The van der Waals surface area contributed by atoms with Crippen LogP contribution in [0.3, 0.4) is 0 Å². The maximum atomic E-state index is 13.6. The van der Waals surface area contributed by atoms with E-state index < -0.39 is 0 Å². The number of hydrogen-bond acceptors (Lipinski definition) is 2. The van der Waals surface area contributed by atoms with E-state index in [-0.39, 0.29) is 11.9 Å². The van der Waals surface area contributed by atoms with Crippen LogP contribution in [0.25, 0.3) is 11.1 Å². The maximum absolute atomic E-state index is 13.6. The highest BCUT2D eigenvalue weighted by Gasteiger charge is 2.28. The molecule has 1 unspecified atom stereocenters. The van der Waals surface area contributed by atoms with E-state index in [1.165, 1.54) is 0 Å². The Balaban J connectivity index is 1.47. The van der Waals surface area contributed by atoms with Gasteiger partial charge in [-0.1, -0.05) is 71.7 Å². The van der Waals surface area contributed by atoms with Crippen molar-refractivity contribution in [1.29, 1.82) is 0 Å². The van der Waals surface area contributed by atoms with Gasteiger partial charge in [-0.05, 0) is 48.6 Å². The molecular weight excluding hydrogens is 429 g/mol. The number of carbonyl (C=O) groups excluding carboxylic acids is 1. The van der Waals surface area contributed by atoms with E-state index in [4.69, 9.17) is 27.9 Å². The maximum Gasteiger partial charge on any atom is 0.254 e. The van der Waals surface area contributed by atoms with E-state index in [0.29, 0.717) is 22.4 Å². The fourth-order valence-corrected chi connectivity index (χ4v) is 4.43. The highest BCUT2D eigenvalue weighted by molar-refractivity contribution is 6.42. The summed E-state index contributed by atoms with van der Waals surface area (Å²) in [7, 11) is 0. The third-order valence-electron chi connectivity index (χ3n) is 5.74. The van der Waals surface area contributed by atoms with Gasteiger partial charge < -0.3 is 9.64 Å². The van der Waals surface area contributed by atoms with Gasteiger partial charge in [-0.25, -0.2) is 0 Å². The first-order valence-corrected chi connectivity index (χ1v) is 11.4. The number of nitrogens with zero attached hydrogens (tertiary/aromatic N) is 1. The lowest BCUT2D eigenvalue weighted by molar-refractivity contribution is 0.0581. The Labute approximate surface area is 193 Å². The van der Waals surface area contributed by atoms with Crippen LogP contribution in [-0.2, 0) is 0 Å². The summed E-state index contributed by atoms with van der Waals surface area (Å²) in [6.45, 7) is 1.30. The summed E-state index contributed by atoms with van der Waals surface area (Å²) in [4.78, 5) is 15.6. The van der Waals surface area contributed by atoms with Crippen molar-refractivity contribution in [3.05, 3.63) is 88.4 Å². The number of carbonyl (C=O) groups is 1. The van der Waals surface area contributed by atoms with Crippen LogP contribution >= 0.6 is 23.2 Å². The molecule has 1 aliphatic rings. The quantitative estimate of drug-likeness (QED) is 0.397. The summed E-state index contributed by atoms with van der Waals surface area (Å²) < 4.78 is 5.89. The van der Waals surface area contributed by atoms with Crippen LogP contribution in [0.15, 0.2) is 72.8 Å². The first-order valence-electron chi connectivity index (χ1n) is 10.7. The Morgan fingerprint density at radius 1 is 0.935 bits per heavy atom. The predicted molar refractivity (Wildman–Crippen MR) is 127 cm³/mol. The number of rotatable bonds is 6. The molecule has 0 radical (unpaired) electrons. The minimum atomic E-state index is 0.0960. The van der Waals surface area contributed by atoms with Gasteiger partial charge >= 0.3 is 0 Å². The number of piperidine rings is 1. The van der Waals surface area contributed by atoms with Crippen LogP contribution in [0.1, 0.15) is 36.0 Å². The van der Waals surface area contributed by atoms with Crippen molar-refractivity contribution in [2.24, 2.45) is 0 Å². The molecule has 0 spiro atoms. The second kappa shape index (κ2) is 10.2. The topological polar surface area (TPSA) is 29.5 Å². The highest BCUT2D eigenvalue weighted by Crippen LogP contribution is 2.29. The Bertz CT molecular complexity index is 1040. The monoisotopic (exact) mass is 453 g/mol. The molecule has 3 aromatic carbocycles. The van der Waals surface area contributed by atoms with Crippen molar-refractivity contribution in [3.63, 3.8) is 0 Å². The Morgan fingerprint density at radius 3 is 2.52 bits per heavy atom. The van der Waals surface area contributed by atoms with E-state index in [2.05, 4.69) is 0 Å². The Hall–Kier alpha value is -2.49. The average molecular weight is 454 g/mol. The van der Waals surface area contributed by atoms with Crippen molar-refractivity contribution in [3.8, 4) is 16.9 Å².